The summed E-state index contributed by atoms with van der Waals surface area (Å²) in [7, 11) is 0. The van der Waals surface area contributed by atoms with Gasteiger partial charge in [-0.15, -0.1) is 0 Å². The SMILES string of the molecule is Cc1ccc2cccc(C(=O)N3CC(N4C(=O)CSC4=O)C3)c2n1. The average molecular weight is 341 g/mol. The van der Waals surface area contributed by atoms with Gasteiger partial charge in [0.2, 0.25) is 5.91 Å². The molecule has 4 rings (SSSR count). The van der Waals surface area contributed by atoms with Crippen LogP contribution in [0, 0.1) is 6.92 Å². The van der Waals surface area contributed by atoms with Gasteiger partial charge in [0, 0.05) is 24.2 Å². The van der Waals surface area contributed by atoms with Crippen LogP contribution in [0.1, 0.15) is 16.1 Å². The highest BCUT2D eigenvalue weighted by Crippen LogP contribution is 2.28. The summed E-state index contributed by atoms with van der Waals surface area (Å²) >= 11 is 1.02. The summed E-state index contributed by atoms with van der Waals surface area (Å²) in [4.78, 5) is 43.7. The number of nitrogens with zero attached hydrogens (tertiary/aromatic N) is 3. The number of carbonyl (C=O) groups is 3. The van der Waals surface area contributed by atoms with E-state index in [1.807, 2.05) is 31.2 Å². The molecule has 0 unspecified atom stereocenters. The molecule has 0 radical (unpaired) electrons. The lowest BCUT2D eigenvalue weighted by Gasteiger charge is -2.42. The number of hydrogen-bond acceptors (Lipinski definition) is 5. The molecule has 3 heterocycles. The molecule has 2 aliphatic heterocycles. The Balaban J connectivity index is 1.55. The smallest absolute Gasteiger partial charge is 0.289 e. The molecule has 0 bridgehead atoms. The van der Waals surface area contributed by atoms with E-state index in [0.29, 0.717) is 24.2 Å². The van der Waals surface area contributed by atoms with Crippen LogP contribution in [0.5, 0.6) is 0 Å². The number of imide groups is 1. The third kappa shape index (κ3) is 2.36. The number of amides is 3. The van der Waals surface area contributed by atoms with E-state index < -0.39 is 0 Å². The largest absolute Gasteiger partial charge is 0.334 e. The van der Waals surface area contributed by atoms with E-state index in [4.69, 9.17) is 0 Å². The van der Waals surface area contributed by atoms with Crippen LogP contribution in [0.25, 0.3) is 10.9 Å². The Kier molecular flexibility index (Phi) is 3.53. The maximum atomic E-state index is 12.8. The fraction of sp³-hybridized carbons (Fsp3) is 0.294. The minimum absolute atomic E-state index is 0.110. The number of carbonyl (C=O) groups excluding carboxylic acids is 3. The molecule has 0 aliphatic carbocycles. The number of fused-ring (bicyclic) bond motifs is 1. The lowest BCUT2D eigenvalue weighted by molar-refractivity contribution is -0.128. The molecule has 3 amide bonds. The zero-order valence-electron chi connectivity index (χ0n) is 13.1. The molecule has 0 spiro atoms. The number of hydrogen-bond donors (Lipinski definition) is 0. The van der Waals surface area contributed by atoms with E-state index in [1.165, 1.54) is 4.90 Å². The number of pyridine rings is 1. The summed E-state index contributed by atoms with van der Waals surface area (Å²) in [5.74, 6) is -0.0678. The van der Waals surface area contributed by atoms with Gasteiger partial charge in [-0.1, -0.05) is 30.0 Å². The number of benzene rings is 1. The third-order valence-corrected chi connectivity index (χ3v) is 5.22. The van der Waals surface area contributed by atoms with Gasteiger partial charge in [-0.3, -0.25) is 24.3 Å². The fourth-order valence-electron chi connectivity index (χ4n) is 3.09. The van der Waals surface area contributed by atoms with Gasteiger partial charge in [0.25, 0.3) is 11.1 Å². The molecule has 7 heteroatoms. The van der Waals surface area contributed by atoms with Gasteiger partial charge in [-0.25, -0.2) is 0 Å². The van der Waals surface area contributed by atoms with Gasteiger partial charge in [0.05, 0.1) is 22.9 Å². The summed E-state index contributed by atoms with van der Waals surface area (Å²) < 4.78 is 0. The second kappa shape index (κ2) is 5.59. The van der Waals surface area contributed by atoms with E-state index in [2.05, 4.69) is 4.98 Å². The minimum Gasteiger partial charge on any atom is -0.334 e. The second-order valence-corrected chi connectivity index (χ2v) is 6.94. The molecule has 2 aliphatic rings. The van der Waals surface area contributed by atoms with Crippen molar-refractivity contribution in [3.8, 4) is 0 Å². The maximum absolute atomic E-state index is 12.8. The number of aromatic nitrogens is 1. The van der Waals surface area contributed by atoms with Crippen LogP contribution in [-0.2, 0) is 4.79 Å². The summed E-state index contributed by atoms with van der Waals surface area (Å²) in [6.07, 6.45) is 0. The first-order valence-electron chi connectivity index (χ1n) is 7.69. The Morgan fingerprint density at radius 2 is 2.00 bits per heavy atom. The molecule has 0 atom stereocenters. The topological polar surface area (TPSA) is 70.6 Å². The summed E-state index contributed by atoms with van der Waals surface area (Å²) in [5.41, 5.74) is 2.10. The number of aryl methyl sites for hydroxylation is 1. The Morgan fingerprint density at radius 3 is 2.71 bits per heavy atom. The Morgan fingerprint density at radius 1 is 1.21 bits per heavy atom. The van der Waals surface area contributed by atoms with E-state index in [9.17, 15) is 14.4 Å². The van der Waals surface area contributed by atoms with Crippen molar-refractivity contribution in [3.05, 3.63) is 41.6 Å². The van der Waals surface area contributed by atoms with Crippen molar-refractivity contribution in [1.82, 2.24) is 14.8 Å². The van der Waals surface area contributed by atoms with Crippen LogP contribution in [-0.4, -0.2) is 56.7 Å². The summed E-state index contributed by atoms with van der Waals surface area (Å²) in [6.45, 7) is 2.67. The van der Waals surface area contributed by atoms with Gasteiger partial charge >= 0.3 is 0 Å². The van der Waals surface area contributed by atoms with Gasteiger partial charge in [0.15, 0.2) is 0 Å². The molecule has 1 aromatic carbocycles. The van der Waals surface area contributed by atoms with Gasteiger partial charge in [-0.2, -0.15) is 0 Å². The highest BCUT2D eigenvalue weighted by Gasteiger charge is 2.43. The van der Waals surface area contributed by atoms with Crippen LogP contribution in [0.3, 0.4) is 0 Å². The molecular weight excluding hydrogens is 326 g/mol. The van der Waals surface area contributed by atoms with Gasteiger partial charge in [-0.05, 0) is 19.1 Å². The van der Waals surface area contributed by atoms with Crippen LogP contribution >= 0.6 is 11.8 Å². The molecule has 0 N–H and O–H groups in total. The fourth-order valence-corrected chi connectivity index (χ4v) is 3.87. The van der Waals surface area contributed by atoms with Crippen molar-refractivity contribution in [1.29, 1.82) is 0 Å². The number of likely N-dealkylation sites (tertiary alicyclic amines) is 1. The monoisotopic (exact) mass is 341 g/mol. The third-order valence-electron chi connectivity index (χ3n) is 4.39. The van der Waals surface area contributed by atoms with Crippen LogP contribution in [0.2, 0.25) is 0 Å². The van der Waals surface area contributed by atoms with Crippen molar-refractivity contribution in [2.24, 2.45) is 0 Å². The quantitative estimate of drug-likeness (QED) is 0.836. The second-order valence-electron chi connectivity index (χ2n) is 6.01. The molecule has 1 aromatic heterocycles. The zero-order chi connectivity index (χ0) is 16.8. The van der Waals surface area contributed by atoms with Crippen LogP contribution in [0.15, 0.2) is 30.3 Å². The number of para-hydroxylation sites is 1. The number of rotatable bonds is 2. The first-order chi connectivity index (χ1) is 11.5. The summed E-state index contributed by atoms with van der Waals surface area (Å²) in [6, 6.07) is 9.20. The molecule has 0 saturated carbocycles. The van der Waals surface area contributed by atoms with E-state index in [0.717, 1.165) is 22.8 Å². The normalized spacial score (nSPS) is 18.4. The standard InChI is InChI=1S/C17H15N3O3S/c1-10-5-6-11-3-2-4-13(15(11)18-10)16(22)19-7-12(8-19)20-14(21)9-24-17(20)23/h2-6,12H,7-9H2,1H3. The Bertz CT molecular complexity index is 861. The first kappa shape index (κ1) is 15.1. The predicted octanol–water partition coefficient (Wildman–Crippen LogP) is 2.06. The molecule has 6 nitrogen and oxygen atoms in total. The summed E-state index contributed by atoms with van der Waals surface area (Å²) in [5, 5.41) is 0.712. The zero-order valence-corrected chi connectivity index (χ0v) is 13.9. The maximum Gasteiger partial charge on any atom is 0.289 e. The van der Waals surface area contributed by atoms with Crippen molar-refractivity contribution in [2.75, 3.05) is 18.8 Å². The average Bonchev–Trinajstić information content (AvgIpc) is 2.85. The van der Waals surface area contributed by atoms with Crippen molar-refractivity contribution in [2.45, 2.75) is 13.0 Å². The van der Waals surface area contributed by atoms with Crippen LogP contribution < -0.4 is 0 Å². The van der Waals surface area contributed by atoms with E-state index in [1.54, 1.807) is 11.0 Å². The predicted molar refractivity (Wildman–Crippen MR) is 90.9 cm³/mol. The highest BCUT2D eigenvalue weighted by molar-refractivity contribution is 8.14. The van der Waals surface area contributed by atoms with Crippen molar-refractivity contribution in [3.63, 3.8) is 0 Å². The Labute approximate surface area is 142 Å². The molecular formula is C17H15N3O3S. The Hall–Kier alpha value is -2.41. The minimum atomic E-state index is -0.209. The van der Waals surface area contributed by atoms with E-state index in [-0.39, 0.29) is 28.8 Å². The first-order valence-corrected chi connectivity index (χ1v) is 8.67. The lowest BCUT2D eigenvalue weighted by Crippen LogP contribution is -2.62. The lowest BCUT2D eigenvalue weighted by atomic mass is 10.0. The molecule has 2 saturated heterocycles. The molecule has 24 heavy (non-hydrogen) atoms. The molecule has 122 valence electrons. The van der Waals surface area contributed by atoms with Gasteiger partial charge < -0.3 is 4.90 Å². The molecule has 2 aromatic rings. The van der Waals surface area contributed by atoms with Crippen molar-refractivity contribution < 1.29 is 14.4 Å². The van der Waals surface area contributed by atoms with E-state index >= 15 is 0 Å². The van der Waals surface area contributed by atoms with Crippen LogP contribution in [0.4, 0.5) is 4.79 Å². The van der Waals surface area contributed by atoms with Crippen molar-refractivity contribution >= 4 is 39.7 Å². The van der Waals surface area contributed by atoms with Gasteiger partial charge in [0.1, 0.15) is 0 Å². The molecule has 2 fully saturated rings. The highest BCUT2D eigenvalue weighted by atomic mass is 32.2. The number of thioether (sulfide) groups is 1.